The van der Waals surface area contributed by atoms with Crippen LogP contribution in [0, 0.1) is 5.92 Å². The summed E-state index contributed by atoms with van der Waals surface area (Å²) >= 11 is 0. The van der Waals surface area contributed by atoms with Crippen molar-refractivity contribution in [3.05, 3.63) is 60.0 Å². The van der Waals surface area contributed by atoms with Crippen molar-refractivity contribution in [3.63, 3.8) is 0 Å². The molecule has 2 aromatic heterocycles. The van der Waals surface area contributed by atoms with E-state index in [9.17, 15) is 9.90 Å². The third-order valence-electron chi connectivity index (χ3n) is 5.85. The molecule has 1 aliphatic carbocycles. The van der Waals surface area contributed by atoms with Crippen LogP contribution >= 0.6 is 0 Å². The number of hydrogen-bond donors (Lipinski definition) is 2. The fraction of sp³-hybridized carbons (Fsp3) is 0.348. The molecule has 2 N–H and O–H groups in total. The maximum atomic E-state index is 11.4. The number of nitrogens with zero attached hydrogens (tertiary/aromatic N) is 3. The van der Waals surface area contributed by atoms with Crippen LogP contribution in [0.1, 0.15) is 41.1 Å². The van der Waals surface area contributed by atoms with Crippen molar-refractivity contribution in [2.45, 2.75) is 31.7 Å². The SMILES string of the molecule is O=C(O)c1ccncc1NC[C@H]1CCOc2cc(-c3ccn(CC4CC4)n3)ccc21. The highest BCUT2D eigenvalue weighted by Gasteiger charge is 2.24. The van der Waals surface area contributed by atoms with Gasteiger partial charge in [-0.25, -0.2) is 4.79 Å². The Balaban J connectivity index is 1.32. The van der Waals surface area contributed by atoms with Gasteiger partial charge in [0.05, 0.1) is 29.7 Å². The Morgan fingerprint density at radius 2 is 2.13 bits per heavy atom. The number of aromatic nitrogens is 3. The summed E-state index contributed by atoms with van der Waals surface area (Å²) in [6.07, 6.45) is 8.60. The number of carboxylic acid groups (broad SMARTS) is 1. The van der Waals surface area contributed by atoms with E-state index in [1.165, 1.54) is 25.1 Å². The van der Waals surface area contributed by atoms with E-state index in [4.69, 9.17) is 9.84 Å². The first kappa shape index (κ1) is 18.7. The Labute approximate surface area is 174 Å². The van der Waals surface area contributed by atoms with Crippen molar-refractivity contribution in [2.24, 2.45) is 5.92 Å². The monoisotopic (exact) mass is 404 g/mol. The maximum absolute atomic E-state index is 11.4. The van der Waals surface area contributed by atoms with Crippen LogP contribution in [0.5, 0.6) is 5.75 Å². The fourth-order valence-corrected chi connectivity index (χ4v) is 3.97. The summed E-state index contributed by atoms with van der Waals surface area (Å²) in [5.41, 5.74) is 3.92. The highest BCUT2D eigenvalue weighted by molar-refractivity contribution is 5.93. The van der Waals surface area contributed by atoms with Crippen molar-refractivity contribution in [1.82, 2.24) is 14.8 Å². The number of nitrogens with one attached hydrogen (secondary N) is 1. The van der Waals surface area contributed by atoms with Crippen LogP contribution in [0.15, 0.2) is 48.9 Å². The molecule has 0 amide bonds. The second-order valence-electron chi connectivity index (χ2n) is 8.06. The van der Waals surface area contributed by atoms with Crippen LogP contribution in [0.25, 0.3) is 11.3 Å². The van der Waals surface area contributed by atoms with Gasteiger partial charge in [-0.05, 0) is 48.9 Å². The third-order valence-corrected chi connectivity index (χ3v) is 5.85. The number of fused-ring (bicyclic) bond motifs is 1. The second-order valence-corrected chi connectivity index (χ2v) is 8.06. The molecule has 2 aliphatic rings. The summed E-state index contributed by atoms with van der Waals surface area (Å²) in [6.45, 7) is 2.26. The Kier molecular flexibility index (Phi) is 4.86. The molecule has 1 atom stereocenters. The van der Waals surface area contributed by atoms with Gasteiger partial charge >= 0.3 is 5.97 Å². The third kappa shape index (κ3) is 3.87. The van der Waals surface area contributed by atoms with Crippen molar-refractivity contribution in [2.75, 3.05) is 18.5 Å². The van der Waals surface area contributed by atoms with Gasteiger partial charge in [-0.3, -0.25) is 9.67 Å². The van der Waals surface area contributed by atoms with E-state index in [2.05, 4.69) is 40.8 Å². The van der Waals surface area contributed by atoms with E-state index in [0.717, 1.165) is 41.5 Å². The van der Waals surface area contributed by atoms with Gasteiger partial charge in [-0.15, -0.1) is 0 Å². The Bertz CT molecular complexity index is 1070. The lowest BCUT2D eigenvalue weighted by Gasteiger charge is -2.27. The molecule has 1 saturated carbocycles. The number of carboxylic acids is 1. The van der Waals surface area contributed by atoms with Crippen LogP contribution < -0.4 is 10.1 Å². The summed E-state index contributed by atoms with van der Waals surface area (Å²) in [4.78, 5) is 15.5. The zero-order chi connectivity index (χ0) is 20.5. The van der Waals surface area contributed by atoms with Crippen molar-refractivity contribution in [3.8, 4) is 17.0 Å². The molecule has 0 saturated heterocycles. The van der Waals surface area contributed by atoms with Gasteiger partial charge in [0.25, 0.3) is 0 Å². The molecule has 0 spiro atoms. The molecular weight excluding hydrogens is 380 g/mol. The Morgan fingerprint density at radius 3 is 2.97 bits per heavy atom. The summed E-state index contributed by atoms with van der Waals surface area (Å²) in [6, 6.07) is 9.84. The standard InChI is InChI=1S/C23H24N4O3/c28-23(29)19-5-8-24-13-21(19)25-12-17-7-10-30-22-11-16(3-4-18(17)22)20-6-9-27(26-20)14-15-1-2-15/h3-6,8-9,11,13,15,17,25H,1-2,7,10,12,14H2,(H,28,29)/t17-/m1/s1. The van der Waals surface area contributed by atoms with E-state index >= 15 is 0 Å². The highest BCUT2D eigenvalue weighted by Crippen LogP contribution is 2.37. The quantitative estimate of drug-likeness (QED) is 0.618. The molecule has 30 heavy (non-hydrogen) atoms. The van der Waals surface area contributed by atoms with Crippen molar-refractivity contribution in [1.29, 1.82) is 0 Å². The van der Waals surface area contributed by atoms with Crippen LogP contribution in [-0.4, -0.2) is 39.0 Å². The second kappa shape index (κ2) is 7.82. The molecule has 1 fully saturated rings. The first-order valence-corrected chi connectivity index (χ1v) is 10.4. The number of rotatable bonds is 7. The minimum atomic E-state index is -0.960. The van der Waals surface area contributed by atoms with Crippen LogP contribution in [0.4, 0.5) is 5.69 Å². The van der Waals surface area contributed by atoms with Gasteiger partial charge in [0.2, 0.25) is 0 Å². The van der Waals surface area contributed by atoms with Crippen LogP contribution in [0.2, 0.25) is 0 Å². The van der Waals surface area contributed by atoms with Crippen LogP contribution in [0.3, 0.4) is 0 Å². The molecule has 1 aromatic carbocycles. The first-order chi connectivity index (χ1) is 14.7. The van der Waals surface area contributed by atoms with E-state index in [1.54, 1.807) is 6.20 Å². The molecule has 7 heteroatoms. The van der Waals surface area contributed by atoms with E-state index < -0.39 is 5.97 Å². The minimum absolute atomic E-state index is 0.231. The minimum Gasteiger partial charge on any atom is -0.493 e. The lowest BCUT2D eigenvalue weighted by atomic mass is 9.91. The molecular formula is C23H24N4O3. The normalized spacial score (nSPS) is 17.8. The summed E-state index contributed by atoms with van der Waals surface area (Å²) < 4.78 is 7.98. The lowest BCUT2D eigenvalue weighted by Crippen LogP contribution is -2.21. The predicted octanol–water partition coefficient (Wildman–Crippen LogP) is 4.03. The summed E-state index contributed by atoms with van der Waals surface area (Å²) in [5.74, 6) is 0.946. The molecule has 3 aromatic rings. The largest absolute Gasteiger partial charge is 0.493 e. The molecule has 3 heterocycles. The number of pyridine rings is 1. The molecule has 1 aliphatic heterocycles. The molecule has 7 nitrogen and oxygen atoms in total. The van der Waals surface area contributed by atoms with E-state index in [-0.39, 0.29) is 11.5 Å². The van der Waals surface area contributed by atoms with Gasteiger partial charge in [0.1, 0.15) is 5.75 Å². The average molecular weight is 404 g/mol. The zero-order valence-corrected chi connectivity index (χ0v) is 16.6. The average Bonchev–Trinajstić information content (AvgIpc) is 3.46. The van der Waals surface area contributed by atoms with Crippen molar-refractivity contribution < 1.29 is 14.6 Å². The molecule has 0 unspecified atom stereocenters. The first-order valence-electron chi connectivity index (χ1n) is 10.4. The number of benzene rings is 1. The highest BCUT2D eigenvalue weighted by atomic mass is 16.5. The van der Waals surface area contributed by atoms with E-state index in [0.29, 0.717) is 18.8 Å². The molecule has 0 radical (unpaired) electrons. The molecule has 5 rings (SSSR count). The topological polar surface area (TPSA) is 89.3 Å². The van der Waals surface area contributed by atoms with Gasteiger partial charge in [0.15, 0.2) is 0 Å². The Morgan fingerprint density at radius 1 is 1.23 bits per heavy atom. The number of carbonyl (C=O) groups is 1. The Hall–Kier alpha value is -3.35. The summed E-state index contributed by atoms with van der Waals surface area (Å²) in [5, 5.41) is 17.3. The van der Waals surface area contributed by atoms with Crippen molar-refractivity contribution >= 4 is 11.7 Å². The van der Waals surface area contributed by atoms with Gasteiger partial charge in [-0.1, -0.05) is 12.1 Å². The van der Waals surface area contributed by atoms with Gasteiger partial charge in [-0.2, -0.15) is 5.10 Å². The van der Waals surface area contributed by atoms with Crippen LogP contribution in [-0.2, 0) is 6.54 Å². The molecule has 0 bridgehead atoms. The lowest BCUT2D eigenvalue weighted by molar-refractivity contribution is 0.0697. The number of aromatic carboxylic acids is 1. The zero-order valence-electron chi connectivity index (χ0n) is 16.6. The maximum Gasteiger partial charge on any atom is 0.337 e. The fourth-order valence-electron chi connectivity index (χ4n) is 3.97. The smallest absolute Gasteiger partial charge is 0.337 e. The van der Waals surface area contributed by atoms with E-state index in [1.807, 2.05) is 4.68 Å². The predicted molar refractivity (Wildman–Crippen MR) is 113 cm³/mol. The number of anilines is 1. The number of hydrogen-bond acceptors (Lipinski definition) is 5. The molecule has 154 valence electrons. The number of ether oxygens (including phenoxy) is 1. The van der Waals surface area contributed by atoms with Gasteiger partial charge < -0.3 is 15.2 Å². The van der Waals surface area contributed by atoms with Gasteiger partial charge in [0, 0.05) is 37.0 Å². The summed E-state index contributed by atoms with van der Waals surface area (Å²) in [7, 11) is 0.